The predicted molar refractivity (Wildman–Crippen MR) is 355 cm³/mol. The monoisotopic (exact) mass is 1240 g/mol. The van der Waals surface area contributed by atoms with E-state index in [2.05, 4.69) is 145 Å². The van der Waals surface area contributed by atoms with Gasteiger partial charge < -0.3 is 29.7 Å². The minimum absolute atomic E-state index is 0. The second kappa shape index (κ2) is 32.7. The van der Waals surface area contributed by atoms with Crippen LogP contribution in [-0.2, 0) is 62.6 Å². The summed E-state index contributed by atoms with van der Waals surface area (Å²) in [6, 6.07) is 45.6. The lowest BCUT2D eigenvalue weighted by molar-refractivity contribution is -0.120. The molecule has 6 aromatic rings. The summed E-state index contributed by atoms with van der Waals surface area (Å²) < 4.78 is 17.6. The van der Waals surface area contributed by atoms with E-state index in [0.717, 1.165) is 63.8 Å². The number of nitrogens with zero attached hydrogens (tertiary/aromatic N) is 3. The van der Waals surface area contributed by atoms with Crippen LogP contribution in [0.5, 0.6) is 5.75 Å². The first-order chi connectivity index (χ1) is 41.1. The van der Waals surface area contributed by atoms with Crippen LogP contribution in [0.15, 0.2) is 146 Å². The van der Waals surface area contributed by atoms with Crippen molar-refractivity contribution in [2.45, 2.75) is 136 Å². The van der Waals surface area contributed by atoms with E-state index in [1.165, 1.54) is 61.3 Å². The first-order valence-corrected chi connectivity index (χ1v) is 29.5. The SMILES string of the molecule is CC(=O)Nc1ccc(C(=O)NN)cc1.CC(=O)Nc1ccc(C(=O)NNC(=O)c2ccc3c(c2)C[C@@]2(CC3)COC(C)(C)N2Cc2ccccc2)cc1.CC1(C)OC[C@@]2(CCc3ccc(OC=O)cc3C2)N1Cc1ccccc1.CCN(CC)CC.S.S. The quantitative estimate of drug-likeness (QED) is 0.0259. The van der Waals surface area contributed by atoms with Crippen LogP contribution in [0, 0.1) is 0 Å². The molecule has 88 heavy (non-hydrogen) atoms. The summed E-state index contributed by atoms with van der Waals surface area (Å²) in [5, 5.41) is 5.24. The van der Waals surface area contributed by atoms with Crippen LogP contribution in [0.1, 0.15) is 140 Å². The van der Waals surface area contributed by atoms with Gasteiger partial charge in [0, 0.05) is 55.0 Å². The molecule has 10 rings (SSSR count). The molecule has 18 nitrogen and oxygen atoms in total. The van der Waals surface area contributed by atoms with Crippen molar-refractivity contribution in [2.75, 3.05) is 43.5 Å². The number of benzene rings is 6. The average molecular weight is 1240 g/mol. The van der Waals surface area contributed by atoms with Crippen molar-refractivity contribution in [1.82, 2.24) is 31.0 Å². The van der Waals surface area contributed by atoms with Gasteiger partial charge in [-0.15, -0.1) is 0 Å². The fourth-order valence-corrected chi connectivity index (χ4v) is 11.8. The van der Waals surface area contributed by atoms with Gasteiger partial charge >= 0.3 is 0 Å². The topological polar surface area (TPSA) is 226 Å². The number of hydrogen-bond acceptors (Lipinski definition) is 13. The largest absolute Gasteiger partial charge is 0.429 e. The molecule has 6 aromatic carbocycles. The number of aryl methyl sites for hydroxylation is 2. The van der Waals surface area contributed by atoms with Crippen LogP contribution in [0.2, 0.25) is 0 Å². The third-order valence-corrected chi connectivity index (χ3v) is 16.5. The van der Waals surface area contributed by atoms with Crippen LogP contribution >= 0.6 is 27.0 Å². The van der Waals surface area contributed by atoms with E-state index in [4.69, 9.17) is 20.1 Å². The fourth-order valence-electron chi connectivity index (χ4n) is 11.8. The molecule has 2 fully saturated rings. The maximum absolute atomic E-state index is 13.0. The zero-order valence-electron chi connectivity index (χ0n) is 52.2. The number of ether oxygens (including phenoxy) is 3. The van der Waals surface area contributed by atoms with Gasteiger partial charge in [-0.05, 0) is 192 Å². The molecule has 0 aromatic heterocycles. The molecular formula is C68H89N9O9S2. The summed E-state index contributed by atoms with van der Waals surface area (Å²) in [6.07, 6.45) is 5.68. The first-order valence-electron chi connectivity index (χ1n) is 29.5. The maximum Gasteiger partial charge on any atom is 0.298 e. The first kappa shape index (κ1) is 71.4. The number of hydrazine groups is 2. The van der Waals surface area contributed by atoms with Crippen molar-refractivity contribution in [2.24, 2.45) is 5.84 Å². The van der Waals surface area contributed by atoms with Gasteiger partial charge in [0.2, 0.25) is 11.8 Å². The molecule has 2 heterocycles. The van der Waals surface area contributed by atoms with E-state index in [-0.39, 0.29) is 67.4 Å². The number of anilines is 2. The van der Waals surface area contributed by atoms with Crippen LogP contribution < -0.4 is 37.5 Å². The summed E-state index contributed by atoms with van der Waals surface area (Å²) in [5.41, 5.74) is 16.2. The number of carbonyl (C=O) groups excluding carboxylic acids is 6. The standard InChI is InChI=1S/C31H34N4O4.C22H25NO3.C9H11N3O2.C6H15N.2H2S/c1-21(36)32-27-13-11-24(12-14-27)28(37)33-34-29(38)25-10-9-23-15-16-31(18-26(23)17-25)20-39-30(2,3)35(31)19-22-7-5-4-6-8-22;1-21(2)23(14-17-6-4-3-5-7-17)22(15-26-21)11-10-18-8-9-20(25-16-24)12-19(18)13-22;1-6(13)11-8-4-2-7(3-5-8)9(14)12-10;1-4-7(5-2)6-3;;/h4-14,17H,15-16,18-20H2,1-3H3,(H,32,36)(H,33,37)(H,34,38);3-9,12,16H,10-11,13-15H2,1-2H3;2-5H,10H2,1H3,(H,11,13)(H,12,14);4-6H2,1-3H3;2*1H2/t31-;22-;;;;/m00..../s1. The van der Waals surface area contributed by atoms with Gasteiger partial charge in [0.1, 0.15) is 17.2 Å². The van der Waals surface area contributed by atoms with Crippen molar-refractivity contribution < 1.29 is 43.0 Å². The molecule has 0 saturated carbocycles. The highest BCUT2D eigenvalue weighted by molar-refractivity contribution is 7.59. The molecule has 472 valence electrons. The molecule has 20 heteroatoms. The predicted octanol–water partition coefficient (Wildman–Crippen LogP) is 9.76. The number of nitrogens with one attached hydrogen (secondary N) is 5. The van der Waals surface area contributed by atoms with E-state index < -0.39 is 11.6 Å². The van der Waals surface area contributed by atoms with E-state index >= 15 is 0 Å². The number of rotatable bonds is 14. The fraction of sp³-hybridized carbons (Fsp3) is 0.382. The molecule has 2 aliphatic heterocycles. The highest BCUT2D eigenvalue weighted by Crippen LogP contribution is 2.46. The molecule has 2 spiro atoms. The van der Waals surface area contributed by atoms with E-state index in [1.54, 1.807) is 54.6 Å². The number of amides is 5. The van der Waals surface area contributed by atoms with Gasteiger partial charge in [0.15, 0.2) is 0 Å². The van der Waals surface area contributed by atoms with Crippen LogP contribution in [0.3, 0.4) is 0 Å². The zero-order valence-corrected chi connectivity index (χ0v) is 54.2. The third-order valence-electron chi connectivity index (χ3n) is 16.5. The minimum atomic E-state index is -0.448. The Morgan fingerprint density at radius 2 is 0.943 bits per heavy atom. The molecule has 7 N–H and O–H groups in total. The summed E-state index contributed by atoms with van der Waals surface area (Å²) >= 11 is 0. The lowest BCUT2D eigenvalue weighted by Crippen LogP contribution is -2.54. The van der Waals surface area contributed by atoms with E-state index in [1.807, 2.05) is 35.8 Å². The van der Waals surface area contributed by atoms with Crippen molar-refractivity contribution in [3.05, 3.63) is 196 Å². The molecule has 2 atom stereocenters. The van der Waals surface area contributed by atoms with Gasteiger partial charge in [-0.25, -0.2) is 5.84 Å². The summed E-state index contributed by atoms with van der Waals surface area (Å²) in [6.45, 7) is 25.0. The lowest BCUT2D eigenvalue weighted by atomic mass is 9.76. The van der Waals surface area contributed by atoms with Crippen molar-refractivity contribution >= 4 is 74.4 Å². The smallest absolute Gasteiger partial charge is 0.298 e. The van der Waals surface area contributed by atoms with Crippen molar-refractivity contribution in [1.29, 1.82) is 0 Å². The second-order valence-corrected chi connectivity index (χ2v) is 23.1. The van der Waals surface area contributed by atoms with Gasteiger partial charge in [-0.2, -0.15) is 27.0 Å². The summed E-state index contributed by atoms with van der Waals surface area (Å²) in [5.74, 6) is 4.03. The van der Waals surface area contributed by atoms with E-state index in [0.29, 0.717) is 46.9 Å². The van der Waals surface area contributed by atoms with Crippen molar-refractivity contribution in [3.8, 4) is 5.75 Å². The number of nitrogens with two attached hydrogens (primary N) is 1. The second-order valence-electron chi connectivity index (χ2n) is 23.1. The van der Waals surface area contributed by atoms with Crippen LogP contribution in [0.4, 0.5) is 11.4 Å². The number of nitrogen functional groups attached to an aromatic ring is 1. The molecule has 2 aliphatic carbocycles. The Hall–Kier alpha value is -7.40. The Bertz CT molecular complexity index is 3270. The van der Waals surface area contributed by atoms with Gasteiger partial charge in [0.25, 0.3) is 24.2 Å². The Balaban J connectivity index is 0.000000247. The Morgan fingerprint density at radius 3 is 1.34 bits per heavy atom. The average Bonchev–Trinajstić information content (AvgIpc) is 1.97. The molecule has 0 bridgehead atoms. The lowest BCUT2D eigenvalue weighted by Gasteiger charge is -2.45. The molecule has 4 aliphatic rings. The molecule has 0 unspecified atom stereocenters. The van der Waals surface area contributed by atoms with Crippen LogP contribution in [-0.4, -0.2) is 106 Å². The number of fused-ring (bicyclic) bond motifs is 2. The Labute approximate surface area is 532 Å². The molecule has 0 radical (unpaired) electrons. The third kappa shape index (κ3) is 18.8. The highest BCUT2D eigenvalue weighted by atomic mass is 32.1. The van der Waals surface area contributed by atoms with Gasteiger partial charge in [-0.1, -0.05) is 93.6 Å². The van der Waals surface area contributed by atoms with Crippen LogP contribution in [0.25, 0.3) is 0 Å². The van der Waals surface area contributed by atoms with Crippen molar-refractivity contribution in [3.63, 3.8) is 0 Å². The zero-order chi connectivity index (χ0) is 62.1. The maximum atomic E-state index is 13.0. The van der Waals surface area contributed by atoms with E-state index in [9.17, 15) is 28.8 Å². The van der Waals surface area contributed by atoms with Gasteiger partial charge in [-0.3, -0.25) is 54.8 Å². The van der Waals surface area contributed by atoms with Gasteiger partial charge in [0.05, 0.1) is 24.3 Å². The normalized spacial score (nSPS) is 18.3. The summed E-state index contributed by atoms with van der Waals surface area (Å²) in [4.78, 5) is 76.4. The minimum Gasteiger partial charge on any atom is -0.429 e. The highest BCUT2D eigenvalue weighted by Gasteiger charge is 2.54. The Morgan fingerprint density at radius 1 is 0.545 bits per heavy atom. The number of carbonyl (C=O) groups is 6. The Kier molecular flexibility index (Phi) is 26.5. The summed E-state index contributed by atoms with van der Waals surface area (Å²) in [7, 11) is 0. The molecular weight excluding hydrogens is 1150 g/mol. The number of hydrogen-bond donors (Lipinski definition) is 6. The molecule has 2 saturated heterocycles. The molecule has 5 amide bonds.